The van der Waals surface area contributed by atoms with Gasteiger partial charge in [-0.05, 0) is 24.1 Å². The molecule has 2 aromatic rings. The van der Waals surface area contributed by atoms with Crippen LogP contribution in [0.1, 0.15) is 16.7 Å². The second kappa shape index (κ2) is 10.8. The number of hydrogen-bond donors (Lipinski definition) is 3. The van der Waals surface area contributed by atoms with E-state index in [1.807, 2.05) is 0 Å². The van der Waals surface area contributed by atoms with Crippen LogP contribution in [0.25, 0.3) is 0 Å². The molecule has 2 aromatic carbocycles. The van der Waals surface area contributed by atoms with Crippen molar-refractivity contribution in [3.63, 3.8) is 0 Å². The van der Waals surface area contributed by atoms with Crippen LogP contribution in [0.2, 0.25) is 0 Å². The third-order valence-electron chi connectivity index (χ3n) is 6.50. The summed E-state index contributed by atoms with van der Waals surface area (Å²) in [6.45, 7) is 12.3. The van der Waals surface area contributed by atoms with Crippen molar-refractivity contribution in [3.05, 3.63) is 65.2 Å². The molecule has 3 N–H and O–H groups in total. The van der Waals surface area contributed by atoms with Gasteiger partial charge in [-0.3, -0.25) is 4.79 Å². The molecule has 2 heterocycles. The highest BCUT2D eigenvalue weighted by Crippen LogP contribution is 2.18. The van der Waals surface area contributed by atoms with Gasteiger partial charge >= 0.3 is 0 Å². The molecular weight excluding hydrogens is 388 g/mol. The predicted octanol–water partition coefficient (Wildman–Crippen LogP) is -0.569. The molecule has 2 fully saturated rings. The molecule has 0 unspecified atom stereocenters. The Morgan fingerprint density at radius 3 is 2.32 bits per heavy atom. The SMILES string of the molecule is Cc1ccccc1N1CC[NH+](CC(=O)NCc2ccc(C[NH+]3CCOCC3)cc2)CC1. The molecule has 0 aromatic heterocycles. The van der Waals surface area contributed by atoms with Gasteiger partial charge in [0.2, 0.25) is 0 Å². The molecule has 6 heteroatoms. The Labute approximate surface area is 185 Å². The number of hydrogen-bond acceptors (Lipinski definition) is 3. The summed E-state index contributed by atoms with van der Waals surface area (Å²) < 4.78 is 5.43. The lowest BCUT2D eigenvalue weighted by molar-refractivity contribution is -0.921. The minimum Gasteiger partial charge on any atom is -0.370 e. The number of aryl methyl sites for hydroxylation is 1. The molecule has 6 nitrogen and oxygen atoms in total. The summed E-state index contributed by atoms with van der Waals surface area (Å²) in [5.41, 5.74) is 5.15. The lowest BCUT2D eigenvalue weighted by Crippen LogP contribution is -3.15. The quantitative estimate of drug-likeness (QED) is 0.558. The van der Waals surface area contributed by atoms with Crippen molar-refractivity contribution in [2.45, 2.75) is 20.0 Å². The van der Waals surface area contributed by atoms with Crippen LogP contribution in [-0.2, 0) is 22.6 Å². The summed E-state index contributed by atoms with van der Waals surface area (Å²) in [7, 11) is 0. The van der Waals surface area contributed by atoms with Gasteiger partial charge < -0.3 is 24.8 Å². The standard InChI is InChI=1S/C25H34N4O2/c1-21-4-2-3-5-24(21)29-12-10-27(11-13-29)20-25(30)26-18-22-6-8-23(9-7-22)19-28-14-16-31-17-15-28/h2-9H,10-20H2,1H3,(H,26,30)/p+2. The summed E-state index contributed by atoms with van der Waals surface area (Å²) in [5, 5.41) is 3.10. The average Bonchev–Trinajstić information content (AvgIpc) is 2.80. The van der Waals surface area contributed by atoms with Crippen LogP contribution in [0, 0.1) is 6.92 Å². The zero-order valence-electron chi connectivity index (χ0n) is 18.7. The van der Waals surface area contributed by atoms with Gasteiger partial charge in [0, 0.05) is 17.8 Å². The van der Waals surface area contributed by atoms with Gasteiger partial charge in [-0.1, -0.05) is 42.5 Å². The normalized spacial score (nSPS) is 18.2. The van der Waals surface area contributed by atoms with E-state index in [0.29, 0.717) is 13.1 Å². The second-order valence-corrected chi connectivity index (χ2v) is 8.83. The molecule has 4 rings (SSSR count). The first-order chi connectivity index (χ1) is 15.2. The number of quaternary nitrogens is 2. The minimum atomic E-state index is 0.140. The number of nitrogens with zero attached hydrogens (tertiary/aromatic N) is 1. The second-order valence-electron chi connectivity index (χ2n) is 8.83. The van der Waals surface area contributed by atoms with Gasteiger partial charge in [-0.2, -0.15) is 0 Å². The molecule has 0 bridgehead atoms. The van der Waals surface area contributed by atoms with Crippen LogP contribution in [0.4, 0.5) is 5.69 Å². The molecule has 0 spiro atoms. The Kier molecular flexibility index (Phi) is 7.57. The van der Waals surface area contributed by atoms with E-state index in [4.69, 9.17) is 4.74 Å². The number of carbonyl (C=O) groups excluding carboxylic acids is 1. The molecule has 2 aliphatic rings. The van der Waals surface area contributed by atoms with E-state index in [1.165, 1.54) is 21.7 Å². The summed E-state index contributed by atoms with van der Waals surface area (Å²) >= 11 is 0. The molecule has 0 saturated carbocycles. The number of benzene rings is 2. The van der Waals surface area contributed by atoms with Crippen molar-refractivity contribution in [2.24, 2.45) is 0 Å². The predicted molar refractivity (Wildman–Crippen MR) is 122 cm³/mol. The lowest BCUT2D eigenvalue weighted by atomic mass is 10.1. The zero-order chi connectivity index (χ0) is 21.5. The number of morpholine rings is 1. The number of anilines is 1. The van der Waals surface area contributed by atoms with Crippen molar-refractivity contribution in [3.8, 4) is 0 Å². The monoisotopic (exact) mass is 424 g/mol. The average molecular weight is 425 g/mol. The largest absolute Gasteiger partial charge is 0.370 e. The Hall–Kier alpha value is -2.41. The maximum absolute atomic E-state index is 12.5. The highest BCUT2D eigenvalue weighted by molar-refractivity contribution is 5.76. The maximum atomic E-state index is 12.5. The number of piperazine rings is 1. The Morgan fingerprint density at radius 1 is 0.935 bits per heavy atom. The molecular formula is C25H36N4O2+2. The third kappa shape index (κ3) is 6.29. The van der Waals surface area contributed by atoms with Gasteiger partial charge in [0.25, 0.3) is 5.91 Å². The van der Waals surface area contributed by atoms with Crippen LogP contribution >= 0.6 is 0 Å². The minimum absolute atomic E-state index is 0.140. The Morgan fingerprint density at radius 2 is 1.61 bits per heavy atom. The van der Waals surface area contributed by atoms with Gasteiger partial charge in [-0.25, -0.2) is 0 Å². The van der Waals surface area contributed by atoms with Crippen LogP contribution in [0.15, 0.2) is 48.5 Å². The molecule has 0 radical (unpaired) electrons. The zero-order valence-corrected chi connectivity index (χ0v) is 18.7. The van der Waals surface area contributed by atoms with Crippen LogP contribution in [0.5, 0.6) is 0 Å². The molecule has 0 aliphatic carbocycles. The van der Waals surface area contributed by atoms with E-state index in [-0.39, 0.29) is 5.91 Å². The maximum Gasteiger partial charge on any atom is 0.275 e. The van der Waals surface area contributed by atoms with Crippen molar-refractivity contribution in [1.29, 1.82) is 0 Å². The van der Waals surface area contributed by atoms with E-state index >= 15 is 0 Å². The fourth-order valence-electron chi connectivity index (χ4n) is 4.55. The van der Waals surface area contributed by atoms with Crippen molar-refractivity contribution in [1.82, 2.24) is 5.32 Å². The number of nitrogens with one attached hydrogen (secondary N) is 3. The molecule has 2 aliphatic heterocycles. The number of amides is 1. The van der Waals surface area contributed by atoms with Crippen LogP contribution < -0.4 is 20.0 Å². The van der Waals surface area contributed by atoms with Gasteiger partial charge in [0.15, 0.2) is 6.54 Å². The van der Waals surface area contributed by atoms with Crippen molar-refractivity contribution < 1.29 is 19.3 Å². The molecule has 0 atom stereocenters. The fraction of sp³-hybridized carbons (Fsp3) is 0.480. The lowest BCUT2D eigenvalue weighted by Gasteiger charge is -2.34. The first-order valence-electron chi connectivity index (χ1n) is 11.6. The molecule has 166 valence electrons. The van der Waals surface area contributed by atoms with Crippen molar-refractivity contribution in [2.75, 3.05) is 63.9 Å². The summed E-state index contributed by atoms with van der Waals surface area (Å²) in [6, 6.07) is 17.2. The summed E-state index contributed by atoms with van der Waals surface area (Å²) in [4.78, 5) is 17.8. The molecule has 2 saturated heterocycles. The van der Waals surface area contributed by atoms with E-state index in [9.17, 15) is 4.79 Å². The summed E-state index contributed by atoms with van der Waals surface area (Å²) in [5.74, 6) is 0.140. The van der Waals surface area contributed by atoms with E-state index in [2.05, 4.69) is 65.7 Å². The van der Waals surface area contributed by atoms with Gasteiger partial charge in [-0.15, -0.1) is 0 Å². The summed E-state index contributed by atoms with van der Waals surface area (Å²) in [6.07, 6.45) is 0. The number of ether oxygens (including phenoxy) is 1. The smallest absolute Gasteiger partial charge is 0.275 e. The van der Waals surface area contributed by atoms with Gasteiger partial charge in [0.05, 0.1) is 39.4 Å². The van der Waals surface area contributed by atoms with E-state index in [0.717, 1.165) is 64.6 Å². The highest BCUT2D eigenvalue weighted by atomic mass is 16.5. The van der Waals surface area contributed by atoms with E-state index in [1.54, 1.807) is 4.90 Å². The topological polar surface area (TPSA) is 50.5 Å². The first kappa shape index (κ1) is 21.8. The third-order valence-corrected chi connectivity index (χ3v) is 6.50. The highest BCUT2D eigenvalue weighted by Gasteiger charge is 2.23. The number of para-hydroxylation sites is 1. The van der Waals surface area contributed by atoms with Crippen LogP contribution in [-0.4, -0.2) is 64.9 Å². The first-order valence-corrected chi connectivity index (χ1v) is 11.6. The Balaban J connectivity index is 1.17. The van der Waals surface area contributed by atoms with Crippen molar-refractivity contribution >= 4 is 11.6 Å². The van der Waals surface area contributed by atoms with E-state index < -0.39 is 0 Å². The number of carbonyl (C=O) groups is 1. The van der Waals surface area contributed by atoms with Crippen LogP contribution in [0.3, 0.4) is 0 Å². The fourth-order valence-corrected chi connectivity index (χ4v) is 4.55. The molecule has 31 heavy (non-hydrogen) atoms. The molecule has 1 amide bonds. The van der Waals surface area contributed by atoms with Gasteiger partial charge in [0.1, 0.15) is 19.6 Å². The Bertz CT molecular complexity index is 841. The number of rotatable bonds is 7.